The van der Waals surface area contributed by atoms with Gasteiger partial charge in [0.05, 0.1) is 12.3 Å². The number of ether oxygens (including phenoxy) is 1. The molecule has 0 aromatic carbocycles. The first-order chi connectivity index (χ1) is 5.77. The molecule has 0 aliphatic rings. The zero-order valence-corrected chi connectivity index (χ0v) is 7.95. The van der Waals surface area contributed by atoms with Crippen molar-refractivity contribution >= 4 is 0 Å². The lowest BCUT2D eigenvalue weighted by molar-refractivity contribution is 0.180. The molecule has 0 amide bonds. The maximum atomic E-state index is 4.98. The van der Waals surface area contributed by atoms with Crippen molar-refractivity contribution in [2.45, 2.75) is 32.9 Å². The second-order valence-corrected chi connectivity index (χ2v) is 2.98. The summed E-state index contributed by atoms with van der Waals surface area (Å²) in [6.45, 7) is 4.91. The Bertz CT molecular complexity index is 232. The van der Waals surface area contributed by atoms with Crippen molar-refractivity contribution in [1.29, 1.82) is 0 Å². The van der Waals surface area contributed by atoms with Crippen molar-refractivity contribution in [3.8, 4) is 0 Å². The van der Waals surface area contributed by atoms with Crippen molar-refractivity contribution in [3.63, 3.8) is 0 Å². The Morgan fingerprint density at radius 1 is 1.67 bits per heavy atom. The largest absolute Gasteiger partial charge is 0.378 e. The minimum atomic E-state index is 0.482. The summed E-state index contributed by atoms with van der Waals surface area (Å²) in [6.07, 6.45) is 3.11. The molecule has 0 saturated carbocycles. The van der Waals surface area contributed by atoms with Gasteiger partial charge in [-0.25, -0.2) is 0 Å². The Hall–Kier alpha value is -0.830. The molecule has 68 valence electrons. The Morgan fingerprint density at radius 3 is 3.00 bits per heavy atom. The van der Waals surface area contributed by atoms with Crippen LogP contribution in [0.15, 0.2) is 12.3 Å². The van der Waals surface area contributed by atoms with Crippen LogP contribution in [0.25, 0.3) is 0 Å². The minimum Gasteiger partial charge on any atom is -0.378 e. The molecule has 3 nitrogen and oxygen atoms in total. The molecule has 0 radical (unpaired) electrons. The molecule has 3 heteroatoms. The number of nitrogens with zero attached hydrogens (tertiary/aromatic N) is 2. The van der Waals surface area contributed by atoms with E-state index in [1.165, 1.54) is 0 Å². The van der Waals surface area contributed by atoms with Crippen molar-refractivity contribution in [2.24, 2.45) is 0 Å². The predicted octanol–water partition coefficient (Wildman–Crippen LogP) is 2.00. The third-order valence-electron chi connectivity index (χ3n) is 2.00. The van der Waals surface area contributed by atoms with Gasteiger partial charge in [-0.15, -0.1) is 0 Å². The number of rotatable bonds is 4. The lowest BCUT2D eigenvalue weighted by Crippen LogP contribution is -2.04. The Kier molecular flexibility index (Phi) is 3.29. The van der Waals surface area contributed by atoms with E-state index in [1.807, 2.05) is 16.9 Å². The smallest absolute Gasteiger partial charge is 0.0902 e. The number of methoxy groups -OCH3 is 1. The van der Waals surface area contributed by atoms with E-state index in [-0.39, 0.29) is 0 Å². The molecule has 0 aliphatic heterocycles. The van der Waals surface area contributed by atoms with E-state index in [0.717, 1.165) is 12.1 Å². The average Bonchev–Trinajstić information content (AvgIpc) is 2.52. The molecule has 0 N–H and O–H groups in total. The van der Waals surface area contributed by atoms with Crippen molar-refractivity contribution in [1.82, 2.24) is 9.78 Å². The first-order valence-corrected chi connectivity index (χ1v) is 4.31. The van der Waals surface area contributed by atoms with Gasteiger partial charge in [0.1, 0.15) is 0 Å². The van der Waals surface area contributed by atoms with Gasteiger partial charge in [-0.2, -0.15) is 5.10 Å². The monoisotopic (exact) mass is 168 g/mol. The van der Waals surface area contributed by atoms with Gasteiger partial charge in [0.25, 0.3) is 0 Å². The first-order valence-electron chi connectivity index (χ1n) is 4.31. The molecule has 1 heterocycles. The van der Waals surface area contributed by atoms with Crippen LogP contribution in [0, 0.1) is 0 Å². The van der Waals surface area contributed by atoms with Crippen LogP contribution in [0.5, 0.6) is 0 Å². The molecule has 0 spiro atoms. The standard InChI is InChI=1S/C9H16N2O/c1-4-8(2)11-6-5-9(10-11)7-12-3/h5-6,8H,4,7H2,1-3H3/t8-/m1/s1. The van der Waals surface area contributed by atoms with Crippen LogP contribution < -0.4 is 0 Å². The van der Waals surface area contributed by atoms with Crippen LogP contribution in [0.1, 0.15) is 32.0 Å². The average molecular weight is 168 g/mol. The minimum absolute atomic E-state index is 0.482. The molecule has 0 fully saturated rings. The van der Waals surface area contributed by atoms with Crippen LogP contribution in [-0.4, -0.2) is 16.9 Å². The molecule has 0 saturated heterocycles. The zero-order chi connectivity index (χ0) is 8.97. The number of aromatic nitrogens is 2. The summed E-state index contributed by atoms with van der Waals surface area (Å²) < 4.78 is 6.96. The second kappa shape index (κ2) is 4.26. The van der Waals surface area contributed by atoms with Crippen molar-refractivity contribution in [3.05, 3.63) is 18.0 Å². The van der Waals surface area contributed by atoms with Gasteiger partial charge < -0.3 is 4.74 Å². The van der Waals surface area contributed by atoms with Gasteiger partial charge in [0, 0.05) is 19.3 Å². The highest BCUT2D eigenvalue weighted by molar-refractivity contribution is 4.97. The summed E-state index contributed by atoms with van der Waals surface area (Å²) in [5, 5.41) is 4.36. The Balaban J connectivity index is 2.63. The molecule has 0 aliphatic carbocycles. The van der Waals surface area contributed by atoms with Gasteiger partial charge in [0.15, 0.2) is 0 Å². The maximum absolute atomic E-state index is 4.98. The number of hydrogen-bond donors (Lipinski definition) is 0. The second-order valence-electron chi connectivity index (χ2n) is 2.98. The fraction of sp³-hybridized carbons (Fsp3) is 0.667. The van der Waals surface area contributed by atoms with Crippen LogP contribution >= 0.6 is 0 Å². The SMILES string of the molecule is CC[C@@H](C)n1ccc(COC)n1. The lowest BCUT2D eigenvalue weighted by Gasteiger charge is -2.07. The van der Waals surface area contributed by atoms with Crippen molar-refractivity contribution < 1.29 is 4.74 Å². The summed E-state index contributed by atoms with van der Waals surface area (Å²) in [4.78, 5) is 0. The highest BCUT2D eigenvalue weighted by Crippen LogP contribution is 2.09. The third kappa shape index (κ3) is 2.08. The summed E-state index contributed by atoms with van der Waals surface area (Å²) in [5.74, 6) is 0. The predicted molar refractivity (Wildman–Crippen MR) is 47.9 cm³/mol. The lowest BCUT2D eigenvalue weighted by atomic mass is 10.3. The van der Waals surface area contributed by atoms with Gasteiger partial charge >= 0.3 is 0 Å². The summed E-state index contributed by atoms with van der Waals surface area (Å²) in [5.41, 5.74) is 0.998. The zero-order valence-electron chi connectivity index (χ0n) is 7.95. The first kappa shape index (κ1) is 9.26. The van der Waals surface area contributed by atoms with Gasteiger partial charge in [-0.1, -0.05) is 6.92 Å². The van der Waals surface area contributed by atoms with Crippen LogP contribution in [0.2, 0.25) is 0 Å². The van der Waals surface area contributed by atoms with E-state index in [0.29, 0.717) is 12.6 Å². The van der Waals surface area contributed by atoms with Crippen LogP contribution in [0.4, 0.5) is 0 Å². The summed E-state index contributed by atoms with van der Waals surface area (Å²) >= 11 is 0. The molecule has 0 unspecified atom stereocenters. The van der Waals surface area contributed by atoms with E-state index >= 15 is 0 Å². The summed E-state index contributed by atoms with van der Waals surface area (Å²) in [6, 6.07) is 2.48. The molecular formula is C9H16N2O. The maximum Gasteiger partial charge on any atom is 0.0902 e. The third-order valence-corrected chi connectivity index (χ3v) is 2.00. The van der Waals surface area contributed by atoms with Crippen LogP contribution in [-0.2, 0) is 11.3 Å². The van der Waals surface area contributed by atoms with Crippen molar-refractivity contribution in [2.75, 3.05) is 7.11 Å². The van der Waals surface area contributed by atoms with Gasteiger partial charge in [-0.05, 0) is 19.4 Å². The highest BCUT2D eigenvalue weighted by atomic mass is 16.5. The fourth-order valence-electron chi connectivity index (χ4n) is 1.03. The highest BCUT2D eigenvalue weighted by Gasteiger charge is 2.03. The fourth-order valence-corrected chi connectivity index (χ4v) is 1.03. The van der Waals surface area contributed by atoms with E-state index in [2.05, 4.69) is 18.9 Å². The van der Waals surface area contributed by atoms with E-state index in [4.69, 9.17) is 4.74 Å². The van der Waals surface area contributed by atoms with Crippen LogP contribution in [0.3, 0.4) is 0 Å². The number of hydrogen-bond acceptors (Lipinski definition) is 2. The van der Waals surface area contributed by atoms with E-state index in [1.54, 1.807) is 7.11 Å². The topological polar surface area (TPSA) is 27.1 Å². The summed E-state index contributed by atoms with van der Waals surface area (Å²) in [7, 11) is 1.68. The van der Waals surface area contributed by atoms with Gasteiger partial charge in [-0.3, -0.25) is 4.68 Å². The molecular weight excluding hydrogens is 152 g/mol. The molecule has 1 rings (SSSR count). The Morgan fingerprint density at radius 2 is 2.42 bits per heavy atom. The van der Waals surface area contributed by atoms with E-state index < -0.39 is 0 Å². The molecule has 1 aromatic rings. The molecule has 1 atom stereocenters. The van der Waals surface area contributed by atoms with E-state index in [9.17, 15) is 0 Å². The molecule has 0 bridgehead atoms. The molecule has 1 aromatic heterocycles. The van der Waals surface area contributed by atoms with Gasteiger partial charge in [0.2, 0.25) is 0 Å². The molecule has 12 heavy (non-hydrogen) atoms. The quantitative estimate of drug-likeness (QED) is 0.687. The Labute approximate surface area is 73.3 Å². The normalized spacial score (nSPS) is 13.2.